The van der Waals surface area contributed by atoms with Gasteiger partial charge in [0.15, 0.2) is 5.69 Å². The van der Waals surface area contributed by atoms with Gasteiger partial charge in [-0.15, -0.1) is 0 Å². The molecule has 0 radical (unpaired) electrons. The van der Waals surface area contributed by atoms with Crippen LogP contribution in [0.15, 0.2) is 16.9 Å². The van der Waals surface area contributed by atoms with E-state index in [0.29, 0.717) is 12.5 Å². The van der Waals surface area contributed by atoms with Crippen LogP contribution in [0.3, 0.4) is 0 Å². The molecule has 0 aliphatic heterocycles. The number of hydrogen-bond acceptors (Lipinski definition) is 3. The minimum atomic E-state index is -1.10. The highest BCUT2D eigenvalue weighted by atomic mass is 16.4. The maximum Gasteiger partial charge on any atom is 0.356 e. The van der Waals surface area contributed by atoms with Crippen molar-refractivity contribution in [2.45, 2.75) is 32.2 Å². The summed E-state index contributed by atoms with van der Waals surface area (Å²) in [5, 5.41) is 12.6. The Morgan fingerprint density at radius 3 is 2.75 bits per heavy atom. The molecule has 0 saturated heterocycles. The molecule has 0 aromatic carbocycles. The van der Waals surface area contributed by atoms with Gasteiger partial charge in [0.25, 0.3) is 5.56 Å². The molecule has 86 valence electrons. The molecule has 1 aliphatic rings. The van der Waals surface area contributed by atoms with E-state index in [1.54, 1.807) is 0 Å². The SMILES string of the molecule is O=C(O)c1ccc(=O)n(CC2CCCC2)n1. The highest BCUT2D eigenvalue weighted by molar-refractivity contribution is 5.84. The van der Waals surface area contributed by atoms with Crippen LogP contribution in [0.1, 0.15) is 36.2 Å². The molecule has 0 spiro atoms. The van der Waals surface area contributed by atoms with Crippen molar-refractivity contribution in [3.63, 3.8) is 0 Å². The maximum absolute atomic E-state index is 11.5. The maximum atomic E-state index is 11.5. The lowest BCUT2D eigenvalue weighted by molar-refractivity contribution is 0.0687. The van der Waals surface area contributed by atoms with E-state index in [1.165, 1.54) is 29.7 Å². The fraction of sp³-hybridized carbons (Fsp3) is 0.545. The summed E-state index contributed by atoms with van der Waals surface area (Å²) in [4.78, 5) is 22.2. The van der Waals surface area contributed by atoms with Crippen LogP contribution >= 0.6 is 0 Å². The lowest BCUT2D eigenvalue weighted by Crippen LogP contribution is -2.26. The molecule has 0 amide bonds. The van der Waals surface area contributed by atoms with Crippen molar-refractivity contribution in [1.29, 1.82) is 0 Å². The summed E-state index contributed by atoms with van der Waals surface area (Å²) >= 11 is 0. The van der Waals surface area contributed by atoms with Crippen LogP contribution in [0.25, 0.3) is 0 Å². The summed E-state index contributed by atoms with van der Waals surface area (Å²) in [6, 6.07) is 2.52. The topological polar surface area (TPSA) is 72.2 Å². The molecule has 16 heavy (non-hydrogen) atoms. The summed E-state index contributed by atoms with van der Waals surface area (Å²) in [7, 11) is 0. The second-order valence-electron chi connectivity index (χ2n) is 4.19. The van der Waals surface area contributed by atoms with Gasteiger partial charge in [-0.25, -0.2) is 9.48 Å². The number of carboxylic acid groups (broad SMARTS) is 1. The average Bonchev–Trinajstić information content (AvgIpc) is 2.73. The number of nitrogens with zero attached hydrogens (tertiary/aromatic N) is 2. The molecule has 1 fully saturated rings. The molecule has 2 rings (SSSR count). The molecule has 0 unspecified atom stereocenters. The van der Waals surface area contributed by atoms with Crippen LogP contribution in [-0.4, -0.2) is 20.9 Å². The van der Waals surface area contributed by atoms with E-state index in [1.807, 2.05) is 0 Å². The number of carbonyl (C=O) groups is 1. The van der Waals surface area contributed by atoms with Crippen LogP contribution in [0, 0.1) is 5.92 Å². The minimum Gasteiger partial charge on any atom is -0.476 e. The normalized spacial score (nSPS) is 16.5. The van der Waals surface area contributed by atoms with Crippen molar-refractivity contribution in [1.82, 2.24) is 9.78 Å². The van der Waals surface area contributed by atoms with Gasteiger partial charge in [-0.05, 0) is 24.8 Å². The quantitative estimate of drug-likeness (QED) is 0.832. The number of aromatic carboxylic acids is 1. The van der Waals surface area contributed by atoms with E-state index in [2.05, 4.69) is 5.10 Å². The number of hydrogen-bond donors (Lipinski definition) is 1. The Balaban J connectivity index is 2.21. The molecule has 1 saturated carbocycles. The summed E-state index contributed by atoms with van der Waals surface area (Å²) in [5.41, 5.74) is -0.297. The summed E-state index contributed by atoms with van der Waals surface area (Å²) in [6.07, 6.45) is 4.59. The Hall–Kier alpha value is -1.65. The van der Waals surface area contributed by atoms with E-state index >= 15 is 0 Å². The Kier molecular flexibility index (Phi) is 3.03. The van der Waals surface area contributed by atoms with Crippen LogP contribution in [0.5, 0.6) is 0 Å². The number of aromatic nitrogens is 2. The van der Waals surface area contributed by atoms with E-state index in [9.17, 15) is 9.59 Å². The zero-order valence-electron chi connectivity index (χ0n) is 8.93. The van der Waals surface area contributed by atoms with Gasteiger partial charge in [-0.2, -0.15) is 5.10 Å². The van der Waals surface area contributed by atoms with E-state index in [0.717, 1.165) is 12.8 Å². The first-order valence-electron chi connectivity index (χ1n) is 5.48. The lowest BCUT2D eigenvalue weighted by atomic mass is 10.1. The van der Waals surface area contributed by atoms with Crippen LogP contribution < -0.4 is 5.56 Å². The first kappa shape index (κ1) is 10.9. The molecule has 1 heterocycles. The van der Waals surface area contributed by atoms with Gasteiger partial charge < -0.3 is 5.11 Å². The smallest absolute Gasteiger partial charge is 0.356 e. The van der Waals surface area contributed by atoms with Crippen molar-refractivity contribution in [3.05, 3.63) is 28.2 Å². The molecule has 1 N–H and O–H groups in total. The van der Waals surface area contributed by atoms with Crippen molar-refractivity contribution >= 4 is 5.97 Å². The molecular weight excluding hydrogens is 208 g/mol. The molecule has 0 bridgehead atoms. The molecule has 5 heteroatoms. The van der Waals surface area contributed by atoms with E-state index in [4.69, 9.17) is 5.11 Å². The first-order chi connectivity index (χ1) is 7.66. The average molecular weight is 222 g/mol. The van der Waals surface area contributed by atoms with Crippen molar-refractivity contribution in [2.75, 3.05) is 0 Å². The predicted octanol–water partition coefficient (Wildman–Crippen LogP) is 1.13. The van der Waals surface area contributed by atoms with Gasteiger partial charge in [0.1, 0.15) is 0 Å². The first-order valence-corrected chi connectivity index (χ1v) is 5.48. The molecule has 5 nitrogen and oxygen atoms in total. The molecule has 0 atom stereocenters. The van der Waals surface area contributed by atoms with E-state index < -0.39 is 5.97 Å². The van der Waals surface area contributed by atoms with Gasteiger partial charge in [0, 0.05) is 12.6 Å². The molecular formula is C11H14N2O3. The summed E-state index contributed by atoms with van der Waals surface area (Å²) < 4.78 is 1.28. The lowest BCUT2D eigenvalue weighted by Gasteiger charge is -2.10. The molecule has 1 aliphatic carbocycles. The number of carboxylic acids is 1. The van der Waals surface area contributed by atoms with Crippen molar-refractivity contribution in [2.24, 2.45) is 5.92 Å². The third-order valence-corrected chi connectivity index (χ3v) is 2.99. The second kappa shape index (κ2) is 4.47. The fourth-order valence-electron chi connectivity index (χ4n) is 2.13. The fourth-order valence-corrected chi connectivity index (χ4v) is 2.13. The highest BCUT2D eigenvalue weighted by Gasteiger charge is 2.17. The van der Waals surface area contributed by atoms with Crippen molar-refractivity contribution in [3.8, 4) is 0 Å². The summed E-state index contributed by atoms with van der Waals surface area (Å²) in [6.45, 7) is 0.542. The highest BCUT2D eigenvalue weighted by Crippen LogP contribution is 2.25. The Labute approximate surface area is 92.7 Å². The number of rotatable bonds is 3. The third-order valence-electron chi connectivity index (χ3n) is 2.99. The van der Waals surface area contributed by atoms with E-state index in [-0.39, 0.29) is 11.3 Å². The predicted molar refractivity (Wildman–Crippen MR) is 57.4 cm³/mol. The monoisotopic (exact) mass is 222 g/mol. The van der Waals surface area contributed by atoms with Gasteiger partial charge in [-0.3, -0.25) is 4.79 Å². The van der Waals surface area contributed by atoms with Gasteiger partial charge in [-0.1, -0.05) is 12.8 Å². The Bertz CT molecular complexity index is 447. The largest absolute Gasteiger partial charge is 0.476 e. The second-order valence-corrected chi connectivity index (χ2v) is 4.19. The molecule has 1 aromatic rings. The van der Waals surface area contributed by atoms with Gasteiger partial charge in [0.2, 0.25) is 0 Å². The minimum absolute atomic E-state index is 0.0717. The third kappa shape index (κ3) is 2.29. The standard InChI is InChI=1S/C11H14N2O3/c14-10-6-5-9(11(15)16)12-13(10)7-8-3-1-2-4-8/h5-6,8H,1-4,7H2,(H,15,16). The zero-order chi connectivity index (χ0) is 11.5. The summed E-state index contributed by atoms with van der Waals surface area (Å²) in [5.74, 6) is -0.630. The van der Waals surface area contributed by atoms with Crippen molar-refractivity contribution < 1.29 is 9.90 Å². The van der Waals surface area contributed by atoms with Crippen LogP contribution in [0.4, 0.5) is 0 Å². The van der Waals surface area contributed by atoms with Gasteiger partial charge >= 0.3 is 5.97 Å². The Morgan fingerprint density at radius 1 is 1.44 bits per heavy atom. The zero-order valence-corrected chi connectivity index (χ0v) is 8.93. The van der Waals surface area contributed by atoms with Gasteiger partial charge in [0.05, 0.1) is 0 Å². The molecule has 1 aromatic heterocycles. The Morgan fingerprint density at radius 2 is 2.12 bits per heavy atom. The van der Waals surface area contributed by atoms with Crippen LogP contribution in [0.2, 0.25) is 0 Å². The van der Waals surface area contributed by atoms with Crippen LogP contribution in [-0.2, 0) is 6.54 Å².